The van der Waals surface area contributed by atoms with Crippen molar-refractivity contribution in [3.05, 3.63) is 36.4 Å². The molecule has 0 aliphatic heterocycles. The van der Waals surface area contributed by atoms with E-state index in [0.717, 1.165) is 4.31 Å². The van der Waals surface area contributed by atoms with E-state index in [4.69, 9.17) is 14.2 Å². The number of anilines is 2. The molecule has 0 radical (unpaired) electrons. The van der Waals surface area contributed by atoms with Crippen LogP contribution in [-0.2, 0) is 19.6 Å². The Labute approximate surface area is 193 Å². The minimum atomic E-state index is -4.00. The van der Waals surface area contributed by atoms with Gasteiger partial charge >= 0.3 is 0 Å². The summed E-state index contributed by atoms with van der Waals surface area (Å²) < 4.78 is 43.0. The number of likely N-dealkylation sites (N-methyl/N-ethyl adjacent to an activating group) is 1. The van der Waals surface area contributed by atoms with Gasteiger partial charge in [0.15, 0.2) is 11.5 Å². The summed E-state index contributed by atoms with van der Waals surface area (Å²) in [5.74, 6) is 0.356. The molecule has 0 spiro atoms. The summed E-state index contributed by atoms with van der Waals surface area (Å²) in [5.41, 5.74) is 0.781. The quantitative estimate of drug-likeness (QED) is 0.508. The monoisotopic (exact) mass is 479 g/mol. The lowest BCUT2D eigenvalue weighted by molar-refractivity contribution is -0.116. The number of ether oxygens (including phenoxy) is 3. The molecule has 0 atom stereocenters. The van der Waals surface area contributed by atoms with Crippen molar-refractivity contribution >= 4 is 33.2 Å². The molecular weight excluding hydrogens is 450 g/mol. The van der Waals surface area contributed by atoms with E-state index in [1.54, 1.807) is 18.2 Å². The zero-order chi connectivity index (χ0) is 24.6. The van der Waals surface area contributed by atoms with Crippen LogP contribution in [0.2, 0.25) is 0 Å². The Balaban J connectivity index is 2.15. The molecule has 2 aromatic rings. The van der Waals surface area contributed by atoms with Crippen LogP contribution >= 0.6 is 0 Å². The average Bonchev–Trinajstić information content (AvgIpc) is 2.75. The Morgan fingerprint density at radius 2 is 1.61 bits per heavy atom. The Kier molecular flexibility index (Phi) is 9.06. The predicted molar refractivity (Wildman–Crippen MR) is 125 cm³/mol. The number of amides is 2. The second-order valence-electron chi connectivity index (χ2n) is 6.88. The van der Waals surface area contributed by atoms with Gasteiger partial charge < -0.3 is 24.8 Å². The number of benzene rings is 2. The van der Waals surface area contributed by atoms with Crippen LogP contribution in [0.5, 0.6) is 17.2 Å². The number of hydrogen-bond acceptors (Lipinski definition) is 7. The smallest absolute Gasteiger partial charge is 0.243 e. The van der Waals surface area contributed by atoms with Crippen molar-refractivity contribution in [3.63, 3.8) is 0 Å². The highest BCUT2D eigenvalue weighted by Gasteiger charge is 2.24. The van der Waals surface area contributed by atoms with Gasteiger partial charge in [0, 0.05) is 31.8 Å². The normalized spacial score (nSPS) is 11.1. The highest BCUT2D eigenvalue weighted by molar-refractivity contribution is 7.89. The summed E-state index contributed by atoms with van der Waals surface area (Å²) in [7, 11) is -1.34. The second kappa shape index (κ2) is 11.5. The van der Waals surface area contributed by atoms with Gasteiger partial charge in [-0.05, 0) is 38.1 Å². The molecule has 0 bridgehead atoms. The molecule has 33 heavy (non-hydrogen) atoms. The molecule has 0 aliphatic rings. The number of hydrogen-bond donors (Lipinski definition) is 2. The molecule has 0 heterocycles. The highest BCUT2D eigenvalue weighted by Crippen LogP contribution is 2.31. The van der Waals surface area contributed by atoms with Gasteiger partial charge in [-0.25, -0.2) is 8.42 Å². The fourth-order valence-corrected chi connectivity index (χ4v) is 4.06. The maximum Gasteiger partial charge on any atom is 0.243 e. The lowest BCUT2D eigenvalue weighted by Gasteiger charge is -2.18. The third-order valence-corrected chi connectivity index (χ3v) is 6.18. The van der Waals surface area contributed by atoms with E-state index < -0.39 is 22.5 Å². The number of sulfonamides is 1. The van der Waals surface area contributed by atoms with E-state index in [0.29, 0.717) is 36.1 Å². The Morgan fingerprint density at radius 1 is 0.939 bits per heavy atom. The van der Waals surface area contributed by atoms with E-state index in [1.165, 1.54) is 39.3 Å². The fourth-order valence-electron chi connectivity index (χ4n) is 2.92. The summed E-state index contributed by atoms with van der Waals surface area (Å²) in [6.45, 7) is 5.48. The molecule has 0 aliphatic carbocycles. The first-order valence-electron chi connectivity index (χ1n) is 10.2. The molecule has 0 saturated carbocycles. The largest absolute Gasteiger partial charge is 0.495 e. The van der Waals surface area contributed by atoms with Crippen molar-refractivity contribution in [1.29, 1.82) is 0 Å². The van der Waals surface area contributed by atoms with Crippen LogP contribution in [0.4, 0.5) is 11.4 Å². The molecule has 2 aromatic carbocycles. The van der Waals surface area contributed by atoms with Crippen molar-refractivity contribution in [1.82, 2.24) is 4.31 Å². The molecule has 180 valence electrons. The minimum absolute atomic E-state index is 0.0801. The number of methoxy groups -OCH3 is 1. The maximum atomic E-state index is 12.9. The number of nitrogens with zero attached hydrogens (tertiary/aromatic N) is 1. The Bertz CT molecular complexity index is 1100. The molecular formula is C22H29N3O7S. The SMILES string of the molecule is CCOc1ccc(NC(=O)CN(C)S(=O)(=O)c2ccc(NC(C)=O)c(OC)c2)cc1OCC. The van der Waals surface area contributed by atoms with Gasteiger partial charge in [0.25, 0.3) is 0 Å². The Hall–Kier alpha value is -3.31. The molecule has 2 N–H and O–H groups in total. The summed E-state index contributed by atoms with van der Waals surface area (Å²) in [4.78, 5) is 23.7. The number of carbonyl (C=O) groups is 2. The molecule has 0 fully saturated rings. The van der Waals surface area contributed by atoms with Crippen LogP contribution in [-0.4, -0.2) is 58.5 Å². The zero-order valence-corrected chi connectivity index (χ0v) is 20.1. The summed E-state index contributed by atoms with van der Waals surface area (Å²) in [6, 6.07) is 8.98. The van der Waals surface area contributed by atoms with Gasteiger partial charge in [-0.3, -0.25) is 9.59 Å². The van der Waals surface area contributed by atoms with Gasteiger partial charge in [-0.2, -0.15) is 4.31 Å². The third kappa shape index (κ3) is 6.83. The summed E-state index contributed by atoms with van der Waals surface area (Å²) >= 11 is 0. The van der Waals surface area contributed by atoms with Crippen molar-refractivity contribution in [3.8, 4) is 17.2 Å². The lowest BCUT2D eigenvalue weighted by Crippen LogP contribution is -2.35. The van der Waals surface area contributed by atoms with E-state index in [2.05, 4.69) is 10.6 Å². The molecule has 2 amide bonds. The molecule has 0 aromatic heterocycles. The summed E-state index contributed by atoms with van der Waals surface area (Å²) in [5, 5.41) is 5.23. The van der Waals surface area contributed by atoms with E-state index in [-0.39, 0.29) is 16.6 Å². The average molecular weight is 480 g/mol. The second-order valence-corrected chi connectivity index (χ2v) is 8.92. The Morgan fingerprint density at radius 3 is 2.21 bits per heavy atom. The molecule has 10 nitrogen and oxygen atoms in total. The molecule has 0 unspecified atom stereocenters. The van der Waals surface area contributed by atoms with Gasteiger partial charge in [0.05, 0.1) is 37.5 Å². The number of nitrogens with one attached hydrogen (secondary N) is 2. The van der Waals surface area contributed by atoms with Crippen LogP contribution in [0.3, 0.4) is 0 Å². The minimum Gasteiger partial charge on any atom is -0.495 e. The molecule has 0 saturated heterocycles. The zero-order valence-electron chi connectivity index (χ0n) is 19.3. The van der Waals surface area contributed by atoms with E-state index in [1.807, 2.05) is 13.8 Å². The van der Waals surface area contributed by atoms with Crippen LogP contribution in [0.1, 0.15) is 20.8 Å². The first-order chi connectivity index (χ1) is 15.6. The molecule has 11 heteroatoms. The van der Waals surface area contributed by atoms with E-state index >= 15 is 0 Å². The number of carbonyl (C=O) groups excluding carboxylic acids is 2. The third-order valence-electron chi connectivity index (χ3n) is 4.39. The summed E-state index contributed by atoms with van der Waals surface area (Å²) in [6.07, 6.45) is 0. The first kappa shape index (κ1) is 25.9. The van der Waals surface area contributed by atoms with Gasteiger partial charge in [-0.15, -0.1) is 0 Å². The van der Waals surface area contributed by atoms with Crippen molar-refractivity contribution < 1.29 is 32.2 Å². The van der Waals surface area contributed by atoms with Crippen LogP contribution in [0.15, 0.2) is 41.3 Å². The van der Waals surface area contributed by atoms with E-state index in [9.17, 15) is 18.0 Å². The van der Waals surface area contributed by atoms with Crippen molar-refractivity contribution in [2.24, 2.45) is 0 Å². The fraction of sp³-hybridized carbons (Fsp3) is 0.364. The van der Waals surface area contributed by atoms with Crippen molar-refractivity contribution in [2.45, 2.75) is 25.7 Å². The topological polar surface area (TPSA) is 123 Å². The number of rotatable bonds is 11. The standard InChI is InChI=1S/C22H29N3O7S/c1-6-31-19-11-8-16(12-21(19)32-7-2)24-22(27)14-25(4)33(28,29)17-9-10-18(23-15(3)26)20(13-17)30-5/h8-13H,6-7,14H2,1-5H3,(H,23,26)(H,24,27). The first-order valence-corrected chi connectivity index (χ1v) is 11.7. The maximum absolute atomic E-state index is 12.9. The molecule has 2 rings (SSSR count). The van der Waals surface area contributed by atoms with Crippen LogP contribution in [0, 0.1) is 0 Å². The predicted octanol–water partition coefficient (Wildman–Crippen LogP) is 2.71. The lowest BCUT2D eigenvalue weighted by atomic mass is 10.2. The van der Waals surface area contributed by atoms with Crippen LogP contribution < -0.4 is 24.8 Å². The van der Waals surface area contributed by atoms with Crippen molar-refractivity contribution in [2.75, 3.05) is 44.5 Å². The van der Waals surface area contributed by atoms with Gasteiger partial charge in [-0.1, -0.05) is 0 Å². The van der Waals surface area contributed by atoms with Gasteiger partial charge in [0.1, 0.15) is 5.75 Å². The highest BCUT2D eigenvalue weighted by atomic mass is 32.2. The van der Waals surface area contributed by atoms with Gasteiger partial charge in [0.2, 0.25) is 21.8 Å². The van der Waals surface area contributed by atoms with Crippen LogP contribution in [0.25, 0.3) is 0 Å².